The van der Waals surface area contributed by atoms with Crippen LogP contribution in [0.25, 0.3) is 5.57 Å². The largest absolute Gasteiger partial charge is 0.465 e. The third kappa shape index (κ3) is 1.89. The van der Waals surface area contributed by atoms with Crippen LogP contribution in [0.4, 0.5) is 0 Å². The topological polar surface area (TPSA) is 43.4 Å². The maximum atomic E-state index is 12.0. The highest BCUT2D eigenvalue weighted by atomic mass is 16.5. The first-order valence-corrected chi connectivity index (χ1v) is 5.15. The van der Waals surface area contributed by atoms with Crippen LogP contribution in [0.15, 0.2) is 36.9 Å². The number of hydrogen-bond acceptors (Lipinski definition) is 3. The van der Waals surface area contributed by atoms with Crippen LogP contribution in [0.1, 0.15) is 12.0 Å². The lowest BCUT2D eigenvalue weighted by molar-refractivity contribution is -0.143. The van der Waals surface area contributed by atoms with E-state index in [0.717, 1.165) is 5.56 Å². The van der Waals surface area contributed by atoms with E-state index in [1.54, 1.807) is 12.1 Å². The molecule has 1 aliphatic heterocycles. The Balaban J connectivity index is 2.17. The summed E-state index contributed by atoms with van der Waals surface area (Å²) in [5, 5.41) is 0. The molecule has 1 aromatic rings. The van der Waals surface area contributed by atoms with Crippen molar-refractivity contribution in [1.82, 2.24) is 0 Å². The van der Waals surface area contributed by atoms with Crippen molar-refractivity contribution in [3.8, 4) is 0 Å². The Morgan fingerprint density at radius 2 is 2.00 bits per heavy atom. The van der Waals surface area contributed by atoms with Gasteiger partial charge in [0.05, 0.1) is 6.61 Å². The van der Waals surface area contributed by atoms with Gasteiger partial charge in [-0.3, -0.25) is 9.59 Å². The monoisotopic (exact) mass is 216 g/mol. The maximum Gasteiger partial charge on any atom is 0.316 e. The van der Waals surface area contributed by atoms with Crippen LogP contribution in [0, 0.1) is 5.92 Å². The third-order valence-corrected chi connectivity index (χ3v) is 2.67. The standard InChI is InChI=1S/C13H12O3/c1-9(10-5-3-2-4-6-10)12(14)11-7-8-16-13(11)15/h2-6,11H,1,7-8H2. The molecule has 2 rings (SSSR count). The molecule has 82 valence electrons. The molecule has 1 aromatic carbocycles. The highest BCUT2D eigenvalue weighted by molar-refractivity contribution is 6.26. The number of rotatable bonds is 3. The minimum absolute atomic E-state index is 0.228. The van der Waals surface area contributed by atoms with E-state index in [4.69, 9.17) is 4.74 Å². The van der Waals surface area contributed by atoms with Gasteiger partial charge in [0, 0.05) is 12.0 Å². The molecule has 0 aromatic heterocycles. The first-order chi connectivity index (χ1) is 7.70. The van der Waals surface area contributed by atoms with Crippen LogP contribution < -0.4 is 0 Å². The molecule has 1 atom stereocenters. The fraction of sp³-hybridized carbons (Fsp3) is 0.231. The second-order valence-electron chi connectivity index (χ2n) is 3.72. The summed E-state index contributed by atoms with van der Waals surface area (Å²) in [6, 6.07) is 9.15. The molecular weight excluding hydrogens is 204 g/mol. The molecule has 0 N–H and O–H groups in total. The number of ether oxygens (including phenoxy) is 1. The fourth-order valence-corrected chi connectivity index (χ4v) is 1.73. The number of Topliss-reactive ketones (excluding diaryl/α,β-unsaturated/α-hetero) is 1. The Morgan fingerprint density at radius 3 is 2.56 bits per heavy atom. The average molecular weight is 216 g/mol. The summed E-state index contributed by atoms with van der Waals surface area (Å²) in [5.41, 5.74) is 1.14. The summed E-state index contributed by atoms with van der Waals surface area (Å²) in [4.78, 5) is 23.2. The highest BCUT2D eigenvalue weighted by Crippen LogP contribution is 2.23. The molecule has 0 amide bonds. The van der Waals surface area contributed by atoms with Crippen molar-refractivity contribution >= 4 is 17.3 Å². The predicted molar refractivity (Wildman–Crippen MR) is 59.5 cm³/mol. The van der Waals surface area contributed by atoms with Crippen LogP contribution in [0.5, 0.6) is 0 Å². The van der Waals surface area contributed by atoms with Gasteiger partial charge in [-0.2, -0.15) is 0 Å². The Hall–Kier alpha value is -1.90. The fourth-order valence-electron chi connectivity index (χ4n) is 1.73. The molecule has 1 heterocycles. The van der Waals surface area contributed by atoms with Gasteiger partial charge in [-0.1, -0.05) is 36.9 Å². The molecule has 0 radical (unpaired) electrons. The van der Waals surface area contributed by atoms with Gasteiger partial charge in [-0.05, 0) is 5.56 Å². The number of ketones is 1. The van der Waals surface area contributed by atoms with Crippen molar-refractivity contribution in [2.24, 2.45) is 5.92 Å². The molecule has 3 heteroatoms. The molecule has 0 saturated carbocycles. The van der Waals surface area contributed by atoms with Gasteiger partial charge in [0.1, 0.15) is 5.92 Å². The maximum absolute atomic E-state index is 12.0. The number of carbonyl (C=O) groups is 2. The molecule has 1 fully saturated rings. The van der Waals surface area contributed by atoms with Crippen LogP contribution in [-0.2, 0) is 14.3 Å². The molecule has 0 aliphatic carbocycles. The van der Waals surface area contributed by atoms with Crippen LogP contribution in [0.2, 0.25) is 0 Å². The van der Waals surface area contributed by atoms with Gasteiger partial charge in [0.2, 0.25) is 0 Å². The Morgan fingerprint density at radius 1 is 1.31 bits per heavy atom. The Labute approximate surface area is 93.7 Å². The number of allylic oxidation sites excluding steroid dienone is 1. The van der Waals surface area contributed by atoms with Gasteiger partial charge in [-0.25, -0.2) is 0 Å². The first-order valence-electron chi connectivity index (χ1n) is 5.15. The average Bonchev–Trinajstić information content (AvgIpc) is 2.75. The second kappa shape index (κ2) is 4.31. The summed E-state index contributed by atoms with van der Waals surface area (Å²) in [7, 11) is 0. The molecule has 0 spiro atoms. The van der Waals surface area contributed by atoms with Crippen LogP contribution >= 0.6 is 0 Å². The van der Waals surface area contributed by atoms with Gasteiger partial charge in [0.25, 0.3) is 0 Å². The van der Waals surface area contributed by atoms with Crippen LogP contribution in [-0.4, -0.2) is 18.4 Å². The SMILES string of the molecule is C=C(C(=O)C1CCOC1=O)c1ccccc1. The number of benzene rings is 1. The molecule has 3 nitrogen and oxygen atoms in total. The summed E-state index contributed by atoms with van der Waals surface area (Å²) in [5.74, 6) is -1.32. The second-order valence-corrected chi connectivity index (χ2v) is 3.72. The summed E-state index contributed by atoms with van der Waals surface area (Å²) in [6.07, 6.45) is 0.462. The van der Waals surface area contributed by atoms with Gasteiger partial charge >= 0.3 is 5.97 Å². The van der Waals surface area contributed by atoms with Crippen LogP contribution in [0.3, 0.4) is 0 Å². The first kappa shape index (κ1) is 10.6. The summed E-state index contributed by atoms with van der Waals surface area (Å²) in [6.45, 7) is 4.08. The predicted octanol–water partition coefficient (Wildman–Crippen LogP) is 1.83. The van der Waals surface area contributed by atoms with Gasteiger partial charge < -0.3 is 4.74 Å². The zero-order valence-corrected chi connectivity index (χ0v) is 8.81. The van der Waals surface area contributed by atoms with E-state index >= 15 is 0 Å². The molecule has 16 heavy (non-hydrogen) atoms. The van der Waals surface area contributed by atoms with E-state index < -0.39 is 11.9 Å². The summed E-state index contributed by atoms with van der Waals surface area (Å²) >= 11 is 0. The van der Waals surface area contributed by atoms with E-state index in [1.807, 2.05) is 18.2 Å². The van der Waals surface area contributed by atoms with Crippen molar-refractivity contribution in [3.63, 3.8) is 0 Å². The minimum Gasteiger partial charge on any atom is -0.465 e. The third-order valence-electron chi connectivity index (χ3n) is 2.67. The summed E-state index contributed by atoms with van der Waals surface area (Å²) < 4.78 is 4.77. The Kier molecular flexibility index (Phi) is 2.86. The van der Waals surface area contributed by atoms with Gasteiger partial charge in [-0.15, -0.1) is 0 Å². The van der Waals surface area contributed by atoms with E-state index in [2.05, 4.69) is 6.58 Å². The van der Waals surface area contributed by atoms with E-state index in [0.29, 0.717) is 18.6 Å². The van der Waals surface area contributed by atoms with Crippen molar-refractivity contribution in [3.05, 3.63) is 42.5 Å². The number of carbonyl (C=O) groups excluding carboxylic acids is 2. The smallest absolute Gasteiger partial charge is 0.316 e. The molecule has 1 unspecified atom stereocenters. The molecule has 0 bridgehead atoms. The normalized spacial score (nSPS) is 19.2. The number of hydrogen-bond donors (Lipinski definition) is 0. The number of esters is 1. The van der Waals surface area contributed by atoms with Crippen molar-refractivity contribution in [2.75, 3.05) is 6.61 Å². The molecule has 1 aliphatic rings. The van der Waals surface area contributed by atoms with Gasteiger partial charge in [0.15, 0.2) is 5.78 Å². The minimum atomic E-state index is -0.660. The Bertz CT molecular complexity index is 434. The van der Waals surface area contributed by atoms with E-state index in [9.17, 15) is 9.59 Å². The zero-order valence-electron chi connectivity index (χ0n) is 8.81. The van der Waals surface area contributed by atoms with E-state index in [1.165, 1.54) is 0 Å². The number of cyclic esters (lactones) is 1. The molecule has 1 saturated heterocycles. The lowest BCUT2D eigenvalue weighted by Crippen LogP contribution is -2.20. The van der Waals surface area contributed by atoms with Crippen molar-refractivity contribution in [2.45, 2.75) is 6.42 Å². The van der Waals surface area contributed by atoms with Crippen molar-refractivity contribution in [1.29, 1.82) is 0 Å². The molecular formula is C13H12O3. The quantitative estimate of drug-likeness (QED) is 0.440. The zero-order chi connectivity index (χ0) is 11.5. The lowest BCUT2D eigenvalue weighted by Gasteiger charge is -2.07. The van der Waals surface area contributed by atoms with E-state index in [-0.39, 0.29) is 5.78 Å². The highest BCUT2D eigenvalue weighted by Gasteiger charge is 2.34. The lowest BCUT2D eigenvalue weighted by atomic mass is 9.93. The van der Waals surface area contributed by atoms with Crippen molar-refractivity contribution < 1.29 is 14.3 Å².